The number of thiazole rings is 1. The Labute approximate surface area is 182 Å². The minimum atomic E-state index is -0.376. The van der Waals surface area contributed by atoms with E-state index in [1.54, 1.807) is 21.4 Å². The highest BCUT2D eigenvalue weighted by Gasteiger charge is 2.18. The molecule has 4 aromatic rings. The summed E-state index contributed by atoms with van der Waals surface area (Å²) in [7, 11) is 0. The van der Waals surface area contributed by atoms with Gasteiger partial charge in [-0.15, -0.1) is 0 Å². The number of nitrogens with zero attached hydrogens (tertiary/aromatic N) is 3. The molecule has 158 valence electrons. The van der Waals surface area contributed by atoms with E-state index in [-0.39, 0.29) is 11.7 Å². The van der Waals surface area contributed by atoms with Crippen LogP contribution in [0.25, 0.3) is 22.1 Å². The Morgan fingerprint density at radius 1 is 1.13 bits per heavy atom. The molecule has 1 saturated heterocycles. The van der Waals surface area contributed by atoms with Crippen molar-refractivity contribution in [2.24, 2.45) is 0 Å². The first kappa shape index (κ1) is 19.7. The summed E-state index contributed by atoms with van der Waals surface area (Å²) in [6, 6.07) is 11.2. The molecule has 8 heteroatoms. The highest BCUT2D eigenvalue weighted by molar-refractivity contribution is 7.15. The Bertz CT molecular complexity index is 1400. The first-order chi connectivity index (χ1) is 15.0. The standard InChI is InChI=1S/C23H21N3O4S/c1-14-11-18-19(12-15(14)2)26-21(27)20(31-22(26)24-18)13-16-3-5-17(6-4-16)30-23(28)25-7-9-29-10-8-25/h3-6,11-13H,7-10H2,1-2H3. The fourth-order valence-corrected chi connectivity index (χ4v) is 4.60. The van der Waals surface area contributed by atoms with Crippen molar-refractivity contribution in [3.63, 3.8) is 0 Å². The van der Waals surface area contributed by atoms with Crippen LogP contribution in [-0.4, -0.2) is 46.7 Å². The third-order valence-corrected chi connectivity index (χ3v) is 6.48. The first-order valence-corrected chi connectivity index (χ1v) is 10.9. The molecule has 1 aliphatic rings. The minimum Gasteiger partial charge on any atom is -0.410 e. The molecule has 1 aliphatic heterocycles. The van der Waals surface area contributed by atoms with Crippen molar-refractivity contribution < 1.29 is 14.3 Å². The lowest BCUT2D eigenvalue weighted by atomic mass is 10.1. The summed E-state index contributed by atoms with van der Waals surface area (Å²) in [6.07, 6.45) is 1.46. The Hall–Kier alpha value is -3.23. The minimum absolute atomic E-state index is 0.0754. The fourth-order valence-electron chi connectivity index (χ4n) is 3.61. The van der Waals surface area contributed by atoms with Crippen LogP contribution in [0.15, 0.2) is 41.2 Å². The van der Waals surface area contributed by atoms with Crippen LogP contribution >= 0.6 is 11.3 Å². The molecule has 0 radical (unpaired) electrons. The highest BCUT2D eigenvalue weighted by Crippen LogP contribution is 2.21. The van der Waals surface area contributed by atoms with Crippen molar-refractivity contribution in [1.29, 1.82) is 0 Å². The summed E-state index contributed by atoms with van der Waals surface area (Å²) in [5.41, 5.74) is 4.74. The summed E-state index contributed by atoms with van der Waals surface area (Å²) < 4.78 is 13.0. The maximum atomic E-state index is 13.0. The number of carbonyl (C=O) groups excluding carboxylic acids is 1. The van der Waals surface area contributed by atoms with Gasteiger partial charge in [-0.05, 0) is 60.9 Å². The fraction of sp³-hybridized carbons (Fsp3) is 0.261. The number of imidazole rings is 1. The Kier molecular flexibility index (Phi) is 4.95. The van der Waals surface area contributed by atoms with Gasteiger partial charge in [0.2, 0.25) is 0 Å². The second kappa shape index (κ2) is 7.79. The molecule has 2 aromatic heterocycles. The number of hydrogen-bond acceptors (Lipinski definition) is 6. The van der Waals surface area contributed by atoms with Crippen LogP contribution in [0.4, 0.5) is 4.79 Å². The lowest BCUT2D eigenvalue weighted by Crippen LogP contribution is -2.42. The number of benzene rings is 2. The number of amides is 1. The molecule has 0 bridgehead atoms. The van der Waals surface area contributed by atoms with Crippen molar-refractivity contribution >= 4 is 39.5 Å². The van der Waals surface area contributed by atoms with Crippen LogP contribution < -0.4 is 14.8 Å². The van der Waals surface area contributed by atoms with Gasteiger partial charge in [0.15, 0.2) is 4.96 Å². The molecular weight excluding hydrogens is 414 g/mol. The highest BCUT2D eigenvalue weighted by atomic mass is 32.1. The number of hydrogen-bond donors (Lipinski definition) is 0. The van der Waals surface area contributed by atoms with E-state index in [1.165, 1.54) is 11.3 Å². The van der Waals surface area contributed by atoms with E-state index in [0.717, 1.165) is 27.7 Å². The molecule has 0 spiro atoms. The predicted octanol–water partition coefficient (Wildman–Crippen LogP) is 2.90. The number of aryl methyl sites for hydroxylation is 2. The summed E-state index contributed by atoms with van der Waals surface area (Å²) in [5.74, 6) is 0.466. The van der Waals surface area contributed by atoms with E-state index >= 15 is 0 Å². The number of morpholine rings is 1. The SMILES string of the molecule is Cc1cc2nc3sc(=Cc4ccc(OC(=O)N5CCOCC5)cc4)c(=O)n3c2cc1C. The maximum Gasteiger partial charge on any atom is 0.415 e. The van der Waals surface area contributed by atoms with Crippen molar-refractivity contribution in [1.82, 2.24) is 14.3 Å². The van der Waals surface area contributed by atoms with Gasteiger partial charge < -0.3 is 14.4 Å². The summed E-state index contributed by atoms with van der Waals surface area (Å²) >= 11 is 1.37. The van der Waals surface area contributed by atoms with Crippen LogP contribution in [-0.2, 0) is 4.74 Å². The van der Waals surface area contributed by atoms with Crippen LogP contribution in [0, 0.1) is 13.8 Å². The van der Waals surface area contributed by atoms with Crippen molar-refractivity contribution in [2.45, 2.75) is 13.8 Å². The second-order valence-corrected chi connectivity index (χ2v) is 8.62. The maximum absolute atomic E-state index is 13.0. The normalized spacial score (nSPS) is 15.2. The molecule has 2 aromatic carbocycles. The van der Waals surface area contributed by atoms with E-state index in [4.69, 9.17) is 9.47 Å². The van der Waals surface area contributed by atoms with E-state index in [0.29, 0.717) is 41.5 Å². The molecule has 1 fully saturated rings. The van der Waals surface area contributed by atoms with Gasteiger partial charge in [0.25, 0.3) is 5.56 Å². The van der Waals surface area contributed by atoms with Gasteiger partial charge in [0.1, 0.15) is 5.75 Å². The molecule has 0 aliphatic carbocycles. The predicted molar refractivity (Wildman–Crippen MR) is 120 cm³/mol. The monoisotopic (exact) mass is 435 g/mol. The Balaban J connectivity index is 1.42. The molecule has 0 unspecified atom stereocenters. The van der Waals surface area contributed by atoms with Crippen LogP contribution in [0.2, 0.25) is 0 Å². The molecule has 3 heterocycles. The van der Waals surface area contributed by atoms with Crippen molar-refractivity contribution in [3.05, 3.63) is 68.0 Å². The molecule has 0 saturated carbocycles. The zero-order chi connectivity index (χ0) is 21.5. The lowest BCUT2D eigenvalue weighted by molar-refractivity contribution is 0.0416. The molecule has 1 amide bonds. The molecule has 0 N–H and O–H groups in total. The van der Waals surface area contributed by atoms with Gasteiger partial charge >= 0.3 is 6.09 Å². The smallest absolute Gasteiger partial charge is 0.410 e. The van der Waals surface area contributed by atoms with Gasteiger partial charge in [-0.3, -0.25) is 4.79 Å². The lowest BCUT2D eigenvalue weighted by Gasteiger charge is -2.25. The zero-order valence-corrected chi connectivity index (χ0v) is 18.1. The van der Waals surface area contributed by atoms with Crippen LogP contribution in [0.5, 0.6) is 5.75 Å². The third kappa shape index (κ3) is 3.68. The van der Waals surface area contributed by atoms with Gasteiger partial charge in [0, 0.05) is 13.1 Å². The number of rotatable bonds is 2. The van der Waals surface area contributed by atoms with Gasteiger partial charge in [0.05, 0.1) is 28.8 Å². The molecule has 5 rings (SSSR count). The van der Waals surface area contributed by atoms with Crippen molar-refractivity contribution in [3.8, 4) is 5.75 Å². The summed E-state index contributed by atoms with van der Waals surface area (Å²) in [4.78, 5) is 32.1. The number of fused-ring (bicyclic) bond motifs is 3. The summed E-state index contributed by atoms with van der Waals surface area (Å²) in [6.45, 7) is 6.20. The average molecular weight is 436 g/mol. The number of carbonyl (C=O) groups is 1. The second-order valence-electron chi connectivity index (χ2n) is 7.61. The van der Waals surface area contributed by atoms with E-state index in [1.807, 2.05) is 44.2 Å². The van der Waals surface area contributed by atoms with Gasteiger partial charge in [-0.2, -0.15) is 0 Å². The van der Waals surface area contributed by atoms with E-state index in [2.05, 4.69) is 4.98 Å². The molecular formula is C23H21N3O4S. The topological polar surface area (TPSA) is 73.1 Å². The zero-order valence-electron chi connectivity index (χ0n) is 17.3. The third-order valence-electron chi connectivity index (χ3n) is 5.51. The summed E-state index contributed by atoms with van der Waals surface area (Å²) in [5, 5.41) is 0. The van der Waals surface area contributed by atoms with Crippen molar-refractivity contribution in [2.75, 3.05) is 26.3 Å². The van der Waals surface area contributed by atoms with Gasteiger partial charge in [-0.25, -0.2) is 14.2 Å². The van der Waals surface area contributed by atoms with Crippen LogP contribution in [0.1, 0.15) is 16.7 Å². The Morgan fingerprint density at radius 2 is 1.84 bits per heavy atom. The Morgan fingerprint density at radius 3 is 2.58 bits per heavy atom. The molecule has 0 atom stereocenters. The van der Waals surface area contributed by atoms with Gasteiger partial charge in [-0.1, -0.05) is 23.5 Å². The number of aromatic nitrogens is 2. The number of ether oxygens (including phenoxy) is 2. The van der Waals surface area contributed by atoms with Crippen LogP contribution in [0.3, 0.4) is 0 Å². The van der Waals surface area contributed by atoms with E-state index in [9.17, 15) is 9.59 Å². The largest absolute Gasteiger partial charge is 0.415 e. The van der Waals surface area contributed by atoms with E-state index < -0.39 is 0 Å². The quantitative estimate of drug-likeness (QED) is 0.484. The first-order valence-electron chi connectivity index (χ1n) is 10.1. The average Bonchev–Trinajstić information content (AvgIpc) is 3.26. The molecule has 7 nitrogen and oxygen atoms in total. The molecule has 31 heavy (non-hydrogen) atoms.